The number of fused-ring (bicyclic) bond motifs is 1. The zero-order valence-corrected chi connectivity index (χ0v) is 13.1. The van der Waals surface area contributed by atoms with Gasteiger partial charge in [-0.05, 0) is 17.5 Å². The lowest BCUT2D eigenvalue weighted by Gasteiger charge is -2.39. The first-order valence-electron chi connectivity index (χ1n) is 7.54. The smallest absolute Gasteiger partial charge is 0.340 e. The van der Waals surface area contributed by atoms with Crippen LogP contribution >= 0.6 is 0 Å². The highest BCUT2D eigenvalue weighted by Crippen LogP contribution is 2.47. The van der Waals surface area contributed by atoms with Gasteiger partial charge in [-0.1, -0.05) is 39.0 Å². The van der Waals surface area contributed by atoms with E-state index in [0.717, 1.165) is 0 Å². The molecule has 5 heteroatoms. The highest BCUT2D eigenvalue weighted by Gasteiger charge is 2.61. The van der Waals surface area contributed by atoms with E-state index in [1.54, 1.807) is 24.3 Å². The molecule has 2 fully saturated rings. The van der Waals surface area contributed by atoms with Crippen molar-refractivity contribution in [2.75, 3.05) is 13.2 Å². The quantitative estimate of drug-likeness (QED) is 0.847. The standard InChI is InChI=1S/C17H22O5/c1-16(2,3)17(19)10-21-13-12(17)9-20-15(13)22-14(18)11-7-5-4-6-8-11/h4-8,12-13,15,19H,9-10H2,1-3H3/t12-,13-,15+,17+/m0/s1. The second-order valence-electron chi connectivity index (χ2n) is 7.03. The second kappa shape index (κ2) is 5.33. The molecular formula is C17H22O5. The number of rotatable bonds is 2. The normalized spacial score (nSPS) is 34.5. The molecule has 0 bridgehead atoms. The molecule has 0 radical (unpaired) electrons. The van der Waals surface area contributed by atoms with E-state index in [9.17, 15) is 9.90 Å². The summed E-state index contributed by atoms with van der Waals surface area (Å²) in [6.45, 7) is 6.48. The van der Waals surface area contributed by atoms with Crippen LogP contribution in [-0.2, 0) is 14.2 Å². The lowest BCUT2D eigenvalue weighted by Crippen LogP contribution is -2.50. The molecule has 0 spiro atoms. The number of benzene rings is 1. The van der Waals surface area contributed by atoms with Crippen LogP contribution in [0.1, 0.15) is 31.1 Å². The van der Waals surface area contributed by atoms with Crippen LogP contribution in [-0.4, -0.2) is 42.3 Å². The number of ether oxygens (including phenoxy) is 3. The molecule has 0 amide bonds. The van der Waals surface area contributed by atoms with Crippen molar-refractivity contribution in [2.24, 2.45) is 11.3 Å². The Labute approximate surface area is 130 Å². The highest BCUT2D eigenvalue weighted by molar-refractivity contribution is 5.89. The Morgan fingerprint density at radius 3 is 2.59 bits per heavy atom. The van der Waals surface area contributed by atoms with Gasteiger partial charge in [0.1, 0.15) is 11.7 Å². The molecular weight excluding hydrogens is 284 g/mol. The third kappa shape index (κ3) is 2.43. The predicted molar refractivity (Wildman–Crippen MR) is 79.2 cm³/mol. The second-order valence-corrected chi connectivity index (χ2v) is 7.03. The molecule has 0 saturated carbocycles. The summed E-state index contributed by atoms with van der Waals surface area (Å²) in [7, 11) is 0. The fourth-order valence-electron chi connectivity index (χ4n) is 3.13. The van der Waals surface area contributed by atoms with Crippen molar-refractivity contribution in [3.8, 4) is 0 Å². The summed E-state index contributed by atoms with van der Waals surface area (Å²) < 4.78 is 16.7. The Balaban J connectivity index is 1.71. The number of esters is 1. The Morgan fingerprint density at radius 2 is 1.95 bits per heavy atom. The van der Waals surface area contributed by atoms with E-state index in [4.69, 9.17) is 14.2 Å². The minimum Gasteiger partial charge on any atom is -0.429 e. The Morgan fingerprint density at radius 1 is 1.27 bits per heavy atom. The van der Waals surface area contributed by atoms with Crippen molar-refractivity contribution in [1.29, 1.82) is 0 Å². The summed E-state index contributed by atoms with van der Waals surface area (Å²) in [5, 5.41) is 10.9. The van der Waals surface area contributed by atoms with E-state index in [-0.39, 0.29) is 17.9 Å². The average molecular weight is 306 g/mol. The van der Waals surface area contributed by atoms with Gasteiger partial charge in [-0.3, -0.25) is 0 Å². The highest BCUT2D eigenvalue weighted by atomic mass is 16.7. The zero-order chi connectivity index (χ0) is 16.0. The first-order valence-corrected chi connectivity index (χ1v) is 7.54. The molecule has 1 aromatic carbocycles. The van der Waals surface area contributed by atoms with E-state index >= 15 is 0 Å². The van der Waals surface area contributed by atoms with Crippen molar-refractivity contribution in [2.45, 2.75) is 38.8 Å². The summed E-state index contributed by atoms with van der Waals surface area (Å²) in [5.41, 5.74) is -0.849. The maximum Gasteiger partial charge on any atom is 0.340 e. The van der Waals surface area contributed by atoms with Crippen LogP contribution < -0.4 is 0 Å². The molecule has 4 atom stereocenters. The molecule has 1 aromatic rings. The van der Waals surface area contributed by atoms with E-state index < -0.39 is 24.0 Å². The third-order valence-electron chi connectivity index (χ3n) is 4.75. The number of carbonyl (C=O) groups is 1. The summed E-state index contributed by atoms with van der Waals surface area (Å²) in [6.07, 6.45) is -1.19. The van der Waals surface area contributed by atoms with E-state index in [2.05, 4.69) is 0 Å². The van der Waals surface area contributed by atoms with Crippen LogP contribution in [0.3, 0.4) is 0 Å². The summed E-state index contributed by atoms with van der Waals surface area (Å²) in [5.74, 6) is -0.637. The molecule has 0 aromatic heterocycles. The minimum absolute atomic E-state index is 0.193. The van der Waals surface area contributed by atoms with E-state index in [1.165, 1.54) is 0 Å². The Hall–Kier alpha value is -1.43. The van der Waals surface area contributed by atoms with Gasteiger partial charge in [0.25, 0.3) is 0 Å². The van der Waals surface area contributed by atoms with Gasteiger partial charge < -0.3 is 19.3 Å². The molecule has 1 N–H and O–H groups in total. The van der Waals surface area contributed by atoms with Crippen LogP contribution in [0.5, 0.6) is 0 Å². The van der Waals surface area contributed by atoms with Gasteiger partial charge in [0.15, 0.2) is 0 Å². The number of hydrogen-bond donors (Lipinski definition) is 1. The molecule has 2 heterocycles. The van der Waals surface area contributed by atoms with Crippen LogP contribution in [0.15, 0.2) is 30.3 Å². The SMILES string of the molecule is CC(C)(C)[C@@]1(O)CO[C@@H]2[C@@H](OC(=O)c3ccccc3)OC[C@@H]21. The summed E-state index contributed by atoms with van der Waals surface area (Å²) in [6, 6.07) is 8.77. The minimum atomic E-state index is -0.981. The molecule has 5 nitrogen and oxygen atoms in total. The lowest BCUT2D eigenvalue weighted by molar-refractivity contribution is -0.144. The monoisotopic (exact) mass is 306 g/mol. The number of carbonyl (C=O) groups excluding carboxylic acids is 1. The van der Waals surface area contributed by atoms with Crippen molar-refractivity contribution >= 4 is 5.97 Å². The maximum absolute atomic E-state index is 12.1. The van der Waals surface area contributed by atoms with Crippen LogP contribution in [0.2, 0.25) is 0 Å². The average Bonchev–Trinajstić information content (AvgIpc) is 3.02. The molecule has 2 aliphatic heterocycles. The largest absolute Gasteiger partial charge is 0.429 e. The lowest BCUT2D eigenvalue weighted by atomic mass is 9.70. The molecule has 22 heavy (non-hydrogen) atoms. The Kier molecular flexibility index (Phi) is 3.75. The number of aliphatic hydroxyl groups is 1. The molecule has 0 unspecified atom stereocenters. The van der Waals surface area contributed by atoms with Gasteiger partial charge in [0.05, 0.1) is 18.8 Å². The molecule has 2 saturated heterocycles. The van der Waals surface area contributed by atoms with Gasteiger partial charge >= 0.3 is 5.97 Å². The van der Waals surface area contributed by atoms with Crippen LogP contribution in [0, 0.1) is 11.3 Å². The van der Waals surface area contributed by atoms with Gasteiger partial charge in [-0.2, -0.15) is 0 Å². The zero-order valence-electron chi connectivity index (χ0n) is 13.1. The summed E-state index contributed by atoms with van der Waals surface area (Å²) >= 11 is 0. The molecule has 120 valence electrons. The van der Waals surface area contributed by atoms with E-state index in [0.29, 0.717) is 12.2 Å². The van der Waals surface area contributed by atoms with Crippen molar-refractivity contribution < 1.29 is 24.1 Å². The molecule has 3 rings (SSSR count). The third-order valence-corrected chi connectivity index (χ3v) is 4.75. The number of hydrogen-bond acceptors (Lipinski definition) is 5. The summed E-state index contributed by atoms with van der Waals surface area (Å²) in [4.78, 5) is 12.1. The van der Waals surface area contributed by atoms with Crippen molar-refractivity contribution in [1.82, 2.24) is 0 Å². The molecule has 0 aliphatic carbocycles. The van der Waals surface area contributed by atoms with Crippen molar-refractivity contribution in [3.63, 3.8) is 0 Å². The fraction of sp³-hybridized carbons (Fsp3) is 0.588. The fourth-order valence-corrected chi connectivity index (χ4v) is 3.13. The van der Waals surface area contributed by atoms with E-state index in [1.807, 2.05) is 26.8 Å². The molecule has 2 aliphatic rings. The van der Waals surface area contributed by atoms with Gasteiger partial charge in [-0.25, -0.2) is 4.79 Å². The topological polar surface area (TPSA) is 65.0 Å². The Bertz CT molecular complexity index is 550. The van der Waals surface area contributed by atoms with Gasteiger partial charge in [0, 0.05) is 5.92 Å². The van der Waals surface area contributed by atoms with Crippen LogP contribution in [0.25, 0.3) is 0 Å². The van der Waals surface area contributed by atoms with Crippen molar-refractivity contribution in [3.05, 3.63) is 35.9 Å². The van der Waals surface area contributed by atoms with Gasteiger partial charge in [-0.15, -0.1) is 0 Å². The maximum atomic E-state index is 12.1. The van der Waals surface area contributed by atoms with Gasteiger partial charge in [0.2, 0.25) is 6.29 Å². The first kappa shape index (κ1) is 15.5. The van der Waals surface area contributed by atoms with Crippen LogP contribution in [0.4, 0.5) is 0 Å². The first-order chi connectivity index (χ1) is 10.3. The predicted octanol–water partition coefficient (Wildman–Crippen LogP) is 1.99.